The number of aryl methyl sites for hydroxylation is 1. The predicted octanol–water partition coefficient (Wildman–Crippen LogP) is 1.30. The Morgan fingerprint density at radius 2 is 2.00 bits per heavy atom. The first kappa shape index (κ1) is 18.7. The number of ketones is 1. The number of hydrogen-bond acceptors (Lipinski definition) is 5. The maximum Gasteiger partial charge on any atom is 0.241 e. The number of nitrogens with one attached hydrogen (secondary N) is 1. The summed E-state index contributed by atoms with van der Waals surface area (Å²) in [4.78, 5) is 28.8. The summed E-state index contributed by atoms with van der Waals surface area (Å²) < 4.78 is 0. The fraction of sp³-hybridized carbons (Fsp3) is 0.571. The summed E-state index contributed by atoms with van der Waals surface area (Å²) in [6, 6.07) is 7.58. The molecule has 2 N–H and O–H groups in total. The van der Waals surface area contributed by atoms with Crippen LogP contribution in [-0.2, 0) is 22.4 Å². The molecule has 2 heterocycles. The van der Waals surface area contributed by atoms with E-state index >= 15 is 0 Å². The van der Waals surface area contributed by atoms with Crippen molar-refractivity contribution in [2.75, 3.05) is 19.7 Å². The van der Waals surface area contributed by atoms with Crippen molar-refractivity contribution in [2.45, 2.75) is 44.2 Å². The number of aliphatic hydroxyl groups is 1. The van der Waals surface area contributed by atoms with Crippen LogP contribution in [-0.4, -0.2) is 58.3 Å². The van der Waals surface area contributed by atoms with E-state index in [1.807, 2.05) is 12.1 Å². The summed E-state index contributed by atoms with van der Waals surface area (Å²) in [6.07, 6.45) is 4.16. The molecule has 1 aromatic carbocycles. The van der Waals surface area contributed by atoms with Gasteiger partial charge in [0.05, 0.1) is 18.6 Å². The SMILES string of the molecule is O=C(C1C(=S)CN[C@@H]1C(=O)N1CCC[C@H]1CO)[C@@H]1CCc2ccccc2C1. The zero-order valence-corrected chi connectivity index (χ0v) is 16.2. The zero-order chi connectivity index (χ0) is 19.0. The summed E-state index contributed by atoms with van der Waals surface area (Å²) in [6.45, 7) is 1.05. The second-order valence-electron chi connectivity index (χ2n) is 7.92. The minimum absolute atomic E-state index is 0.0269. The number of thiocarbonyl (C=S) groups is 1. The highest BCUT2D eigenvalue weighted by molar-refractivity contribution is 7.80. The standard InChI is InChI=1S/C21H26N2O3S/c24-12-16-6-3-9-23(16)21(26)19-18(17(27)11-22-19)20(25)15-8-7-13-4-1-2-5-14(13)10-15/h1-2,4-5,15-16,18-19,22,24H,3,6-12H2/t15-,16+,18?,19+/m1/s1. The van der Waals surface area contributed by atoms with Gasteiger partial charge in [-0.25, -0.2) is 0 Å². The summed E-state index contributed by atoms with van der Waals surface area (Å²) >= 11 is 5.49. The molecule has 4 rings (SSSR count). The van der Waals surface area contributed by atoms with Crippen LogP contribution in [0.5, 0.6) is 0 Å². The van der Waals surface area contributed by atoms with Crippen LogP contribution >= 0.6 is 12.2 Å². The lowest BCUT2D eigenvalue weighted by molar-refractivity contribution is -0.138. The molecule has 0 saturated carbocycles. The van der Waals surface area contributed by atoms with Gasteiger partial charge in [0, 0.05) is 23.9 Å². The summed E-state index contributed by atoms with van der Waals surface area (Å²) in [7, 11) is 0. The molecule has 2 saturated heterocycles. The molecule has 2 aliphatic heterocycles. The Morgan fingerprint density at radius 1 is 1.22 bits per heavy atom. The predicted molar refractivity (Wildman–Crippen MR) is 107 cm³/mol. The fourth-order valence-corrected chi connectivity index (χ4v) is 5.20. The van der Waals surface area contributed by atoms with Crippen molar-refractivity contribution in [3.05, 3.63) is 35.4 Å². The van der Waals surface area contributed by atoms with Gasteiger partial charge in [-0.3, -0.25) is 9.59 Å². The van der Waals surface area contributed by atoms with E-state index in [2.05, 4.69) is 17.4 Å². The molecular weight excluding hydrogens is 360 g/mol. The quantitative estimate of drug-likeness (QED) is 0.764. The Labute approximate surface area is 165 Å². The van der Waals surface area contributed by atoms with Crippen LogP contribution in [0.15, 0.2) is 24.3 Å². The molecule has 1 amide bonds. The van der Waals surface area contributed by atoms with Gasteiger partial charge < -0.3 is 15.3 Å². The van der Waals surface area contributed by atoms with Gasteiger partial charge in [0.2, 0.25) is 5.91 Å². The third-order valence-corrected chi connectivity index (χ3v) is 6.77. The first-order valence-corrected chi connectivity index (χ1v) is 10.3. The number of benzene rings is 1. The Bertz CT molecular complexity index is 766. The first-order valence-electron chi connectivity index (χ1n) is 9.88. The second kappa shape index (κ2) is 7.78. The Morgan fingerprint density at radius 3 is 2.78 bits per heavy atom. The van der Waals surface area contributed by atoms with Crippen molar-refractivity contribution in [1.82, 2.24) is 10.2 Å². The van der Waals surface area contributed by atoms with Crippen LogP contribution < -0.4 is 5.32 Å². The van der Waals surface area contributed by atoms with Crippen LogP contribution in [0.4, 0.5) is 0 Å². The smallest absolute Gasteiger partial charge is 0.241 e. The fourth-order valence-electron chi connectivity index (χ4n) is 4.87. The highest BCUT2D eigenvalue weighted by Crippen LogP contribution is 2.31. The number of carbonyl (C=O) groups is 2. The van der Waals surface area contributed by atoms with E-state index in [1.54, 1.807) is 4.90 Å². The average molecular weight is 387 g/mol. The van der Waals surface area contributed by atoms with Crippen molar-refractivity contribution < 1.29 is 14.7 Å². The van der Waals surface area contributed by atoms with Crippen molar-refractivity contribution in [3.8, 4) is 0 Å². The summed E-state index contributed by atoms with van der Waals surface area (Å²) in [5.41, 5.74) is 2.56. The lowest BCUT2D eigenvalue weighted by atomic mass is 9.76. The average Bonchev–Trinajstić information content (AvgIpc) is 3.33. The molecule has 0 radical (unpaired) electrons. The molecule has 2 fully saturated rings. The molecule has 1 aliphatic carbocycles. The summed E-state index contributed by atoms with van der Waals surface area (Å²) in [5.74, 6) is -0.577. The minimum atomic E-state index is -0.575. The van der Waals surface area contributed by atoms with Crippen molar-refractivity contribution in [1.29, 1.82) is 0 Å². The van der Waals surface area contributed by atoms with E-state index in [0.717, 1.165) is 32.1 Å². The number of Topliss-reactive ketones (excluding diaryl/α,β-unsaturated/α-hetero) is 1. The van der Waals surface area contributed by atoms with E-state index < -0.39 is 12.0 Å². The molecule has 1 aromatic rings. The van der Waals surface area contributed by atoms with Gasteiger partial charge in [0.15, 0.2) is 0 Å². The van der Waals surface area contributed by atoms with Crippen molar-refractivity contribution >= 4 is 28.8 Å². The van der Waals surface area contributed by atoms with Gasteiger partial charge >= 0.3 is 0 Å². The van der Waals surface area contributed by atoms with Gasteiger partial charge in [-0.05, 0) is 43.2 Å². The number of rotatable bonds is 4. The number of nitrogens with zero attached hydrogens (tertiary/aromatic N) is 1. The molecule has 0 bridgehead atoms. The molecule has 6 heteroatoms. The Hall–Kier alpha value is -1.63. The lowest BCUT2D eigenvalue weighted by Crippen LogP contribution is -2.51. The van der Waals surface area contributed by atoms with Crippen LogP contribution in [0, 0.1) is 11.8 Å². The lowest BCUT2D eigenvalue weighted by Gasteiger charge is -2.31. The largest absolute Gasteiger partial charge is 0.394 e. The number of amides is 1. The maximum atomic E-state index is 13.4. The van der Waals surface area contributed by atoms with Crippen LogP contribution in [0.1, 0.15) is 30.4 Å². The minimum Gasteiger partial charge on any atom is -0.394 e. The van der Waals surface area contributed by atoms with Gasteiger partial charge in [0.1, 0.15) is 11.8 Å². The molecule has 5 nitrogen and oxygen atoms in total. The normalized spacial score (nSPS) is 30.4. The maximum absolute atomic E-state index is 13.4. The van der Waals surface area contributed by atoms with E-state index in [4.69, 9.17) is 12.2 Å². The Kier molecular flexibility index (Phi) is 5.39. The molecule has 1 unspecified atom stereocenters. The third kappa shape index (κ3) is 3.46. The number of likely N-dealkylation sites (tertiary alicyclic amines) is 1. The summed E-state index contributed by atoms with van der Waals surface area (Å²) in [5, 5.41) is 12.7. The van der Waals surface area contributed by atoms with Crippen LogP contribution in [0.2, 0.25) is 0 Å². The molecule has 0 aromatic heterocycles. The van der Waals surface area contributed by atoms with Crippen molar-refractivity contribution in [2.24, 2.45) is 11.8 Å². The molecular formula is C21H26N2O3S. The monoisotopic (exact) mass is 386 g/mol. The zero-order valence-electron chi connectivity index (χ0n) is 15.4. The first-order chi connectivity index (χ1) is 13.1. The highest BCUT2D eigenvalue weighted by atomic mass is 32.1. The van der Waals surface area contributed by atoms with E-state index in [1.165, 1.54) is 11.1 Å². The van der Waals surface area contributed by atoms with E-state index in [0.29, 0.717) is 18.0 Å². The number of fused-ring (bicyclic) bond motifs is 1. The van der Waals surface area contributed by atoms with Crippen molar-refractivity contribution in [3.63, 3.8) is 0 Å². The topological polar surface area (TPSA) is 69.6 Å². The molecule has 27 heavy (non-hydrogen) atoms. The molecule has 3 aliphatic rings. The number of aliphatic hydroxyl groups excluding tert-OH is 1. The van der Waals surface area contributed by atoms with Gasteiger partial charge in [-0.15, -0.1) is 0 Å². The van der Waals surface area contributed by atoms with Crippen LogP contribution in [0.25, 0.3) is 0 Å². The Balaban J connectivity index is 1.51. The highest BCUT2D eigenvalue weighted by Gasteiger charge is 2.46. The van der Waals surface area contributed by atoms with E-state index in [9.17, 15) is 14.7 Å². The third-order valence-electron chi connectivity index (χ3n) is 6.37. The number of hydrogen-bond donors (Lipinski definition) is 2. The number of carbonyl (C=O) groups excluding carboxylic acids is 2. The second-order valence-corrected chi connectivity index (χ2v) is 8.45. The van der Waals surface area contributed by atoms with E-state index in [-0.39, 0.29) is 30.3 Å². The molecule has 0 spiro atoms. The van der Waals surface area contributed by atoms with Gasteiger partial charge in [-0.2, -0.15) is 0 Å². The van der Waals surface area contributed by atoms with Gasteiger partial charge in [-0.1, -0.05) is 36.5 Å². The van der Waals surface area contributed by atoms with Gasteiger partial charge in [0.25, 0.3) is 0 Å². The molecule has 144 valence electrons. The molecule has 4 atom stereocenters. The van der Waals surface area contributed by atoms with Crippen LogP contribution in [0.3, 0.4) is 0 Å².